The Labute approximate surface area is 169 Å². The van der Waals surface area contributed by atoms with Gasteiger partial charge in [0.1, 0.15) is 0 Å². The maximum Gasteiger partial charge on any atom is 0.289 e. The minimum atomic E-state index is -0.194. The van der Waals surface area contributed by atoms with Crippen LogP contribution in [0.15, 0.2) is 65.5 Å². The van der Waals surface area contributed by atoms with Gasteiger partial charge in [-0.05, 0) is 36.8 Å². The minimum absolute atomic E-state index is 0.0980. The summed E-state index contributed by atoms with van der Waals surface area (Å²) in [6.45, 7) is 4.44. The fourth-order valence-electron chi connectivity index (χ4n) is 3.36. The number of carbonyl (C=O) groups is 2. The molecule has 0 saturated carbocycles. The van der Waals surface area contributed by atoms with Gasteiger partial charge in [0, 0.05) is 38.1 Å². The third kappa shape index (κ3) is 4.13. The van der Waals surface area contributed by atoms with E-state index < -0.39 is 0 Å². The Hall–Kier alpha value is -3.61. The second-order valence-electron chi connectivity index (χ2n) is 6.96. The maximum atomic E-state index is 12.6. The summed E-state index contributed by atoms with van der Waals surface area (Å²) in [4.78, 5) is 33.2. The van der Waals surface area contributed by atoms with Crippen LogP contribution in [0, 0.1) is 6.92 Å². The number of piperazine rings is 1. The maximum absolute atomic E-state index is 12.6. The van der Waals surface area contributed by atoms with Crippen molar-refractivity contribution in [1.82, 2.24) is 9.88 Å². The number of rotatable bonds is 4. The minimum Gasteiger partial charge on any atom is -0.459 e. The van der Waals surface area contributed by atoms with Crippen LogP contribution < -0.4 is 10.2 Å². The number of aryl methyl sites for hydroxylation is 1. The van der Waals surface area contributed by atoms with Crippen LogP contribution in [0.2, 0.25) is 0 Å². The van der Waals surface area contributed by atoms with E-state index in [-0.39, 0.29) is 11.8 Å². The second-order valence-corrected chi connectivity index (χ2v) is 6.96. The van der Waals surface area contributed by atoms with Crippen molar-refractivity contribution < 1.29 is 14.0 Å². The molecule has 7 heteroatoms. The van der Waals surface area contributed by atoms with Gasteiger partial charge in [-0.1, -0.05) is 18.2 Å². The van der Waals surface area contributed by atoms with Crippen molar-refractivity contribution in [2.75, 3.05) is 36.4 Å². The molecular weight excluding hydrogens is 368 g/mol. The smallest absolute Gasteiger partial charge is 0.289 e. The first-order valence-electron chi connectivity index (χ1n) is 9.51. The van der Waals surface area contributed by atoms with Gasteiger partial charge in [-0.25, -0.2) is 0 Å². The van der Waals surface area contributed by atoms with Gasteiger partial charge < -0.3 is 19.5 Å². The number of furan rings is 1. The van der Waals surface area contributed by atoms with Gasteiger partial charge in [-0.3, -0.25) is 14.6 Å². The molecule has 1 aliphatic rings. The number of pyridine rings is 1. The SMILES string of the molecule is Cc1ccccc1NC(=O)c1cncc(N2CCN(C(=O)c3ccco3)CC2)c1. The average Bonchev–Trinajstić information content (AvgIpc) is 3.30. The molecule has 1 saturated heterocycles. The molecule has 2 aromatic heterocycles. The molecule has 0 atom stereocenters. The van der Waals surface area contributed by atoms with E-state index in [1.165, 1.54) is 6.26 Å². The molecule has 0 radical (unpaired) electrons. The van der Waals surface area contributed by atoms with Crippen molar-refractivity contribution in [3.63, 3.8) is 0 Å². The number of aromatic nitrogens is 1. The number of para-hydroxylation sites is 1. The molecular formula is C22H22N4O3. The van der Waals surface area contributed by atoms with E-state index in [1.54, 1.807) is 29.4 Å². The van der Waals surface area contributed by atoms with Crippen LogP contribution in [-0.2, 0) is 0 Å². The molecule has 0 bridgehead atoms. The third-order valence-electron chi connectivity index (χ3n) is 5.04. The predicted octanol–water partition coefficient (Wildman–Crippen LogP) is 3.20. The molecule has 0 spiro atoms. The number of nitrogens with zero attached hydrogens (tertiary/aromatic N) is 3. The number of hydrogen-bond donors (Lipinski definition) is 1. The molecule has 1 fully saturated rings. The van der Waals surface area contributed by atoms with Crippen LogP contribution in [0.25, 0.3) is 0 Å². The van der Waals surface area contributed by atoms with Gasteiger partial charge in [0.05, 0.1) is 23.7 Å². The highest BCUT2D eigenvalue weighted by Crippen LogP contribution is 2.20. The molecule has 0 aliphatic carbocycles. The number of hydrogen-bond acceptors (Lipinski definition) is 5. The summed E-state index contributed by atoms with van der Waals surface area (Å²) >= 11 is 0. The zero-order chi connectivity index (χ0) is 20.2. The Morgan fingerprint density at radius 3 is 2.55 bits per heavy atom. The highest BCUT2D eigenvalue weighted by Gasteiger charge is 2.24. The first-order chi connectivity index (χ1) is 14.1. The molecule has 148 valence electrons. The Morgan fingerprint density at radius 1 is 1.03 bits per heavy atom. The van der Waals surface area contributed by atoms with Gasteiger partial charge in [0.25, 0.3) is 11.8 Å². The van der Waals surface area contributed by atoms with Crippen molar-refractivity contribution in [3.8, 4) is 0 Å². The third-order valence-corrected chi connectivity index (χ3v) is 5.04. The zero-order valence-corrected chi connectivity index (χ0v) is 16.2. The van der Waals surface area contributed by atoms with Crippen molar-refractivity contribution in [3.05, 3.63) is 78.0 Å². The van der Waals surface area contributed by atoms with Crippen molar-refractivity contribution in [1.29, 1.82) is 0 Å². The molecule has 3 aromatic rings. The monoisotopic (exact) mass is 390 g/mol. The van der Waals surface area contributed by atoms with Crippen molar-refractivity contribution in [2.24, 2.45) is 0 Å². The van der Waals surface area contributed by atoms with E-state index in [2.05, 4.69) is 15.2 Å². The molecule has 2 amide bonds. The van der Waals surface area contributed by atoms with Crippen molar-refractivity contribution >= 4 is 23.2 Å². The van der Waals surface area contributed by atoms with Gasteiger partial charge in [0.15, 0.2) is 5.76 Å². The number of benzene rings is 1. The molecule has 1 N–H and O–H groups in total. The molecule has 3 heterocycles. The van der Waals surface area contributed by atoms with Gasteiger partial charge in [-0.2, -0.15) is 0 Å². The number of carbonyl (C=O) groups excluding carboxylic acids is 2. The summed E-state index contributed by atoms with van der Waals surface area (Å²) in [6, 6.07) is 12.9. The highest BCUT2D eigenvalue weighted by atomic mass is 16.3. The Morgan fingerprint density at radius 2 is 1.83 bits per heavy atom. The lowest BCUT2D eigenvalue weighted by atomic mass is 10.1. The number of anilines is 2. The fourth-order valence-corrected chi connectivity index (χ4v) is 3.36. The topological polar surface area (TPSA) is 78.7 Å². The van der Waals surface area contributed by atoms with Crippen LogP contribution in [0.5, 0.6) is 0 Å². The van der Waals surface area contributed by atoms with Crippen LogP contribution in [0.4, 0.5) is 11.4 Å². The van der Waals surface area contributed by atoms with Gasteiger partial charge in [0.2, 0.25) is 0 Å². The summed E-state index contributed by atoms with van der Waals surface area (Å²) in [5.74, 6) is 0.0643. The molecule has 1 aromatic carbocycles. The predicted molar refractivity (Wildman–Crippen MR) is 110 cm³/mol. The lowest BCUT2D eigenvalue weighted by Gasteiger charge is -2.35. The summed E-state index contributed by atoms with van der Waals surface area (Å²) in [5.41, 5.74) is 3.16. The van der Waals surface area contributed by atoms with Gasteiger partial charge in [-0.15, -0.1) is 0 Å². The summed E-state index contributed by atoms with van der Waals surface area (Å²) in [6.07, 6.45) is 4.81. The van der Waals surface area contributed by atoms with Gasteiger partial charge >= 0.3 is 0 Å². The molecule has 7 nitrogen and oxygen atoms in total. The Kier molecular flexibility index (Phi) is 5.29. The lowest BCUT2D eigenvalue weighted by Crippen LogP contribution is -2.48. The summed E-state index contributed by atoms with van der Waals surface area (Å²) in [5, 5.41) is 2.93. The first-order valence-corrected chi connectivity index (χ1v) is 9.51. The molecule has 1 aliphatic heterocycles. The quantitative estimate of drug-likeness (QED) is 0.740. The first kappa shape index (κ1) is 18.7. The molecule has 4 rings (SSSR count). The zero-order valence-electron chi connectivity index (χ0n) is 16.2. The largest absolute Gasteiger partial charge is 0.459 e. The Balaban J connectivity index is 1.41. The van der Waals surface area contributed by atoms with E-state index in [9.17, 15) is 9.59 Å². The normalized spacial score (nSPS) is 14.0. The van der Waals surface area contributed by atoms with E-state index in [1.807, 2.05) is 37.3 Å². The molecule has 29 heavy (non-hydrogen) atoms. The molecule has 0 unspecified atom stereocenters. The van der Waals surface area contributed by atoms with Crippen LogP contribution >= 0.6 is 0 Å². The van der Waals surface area contributed by atoms with E-state index in [4.69, 9.17) is 4.42 Å². The van der Waals surface area contributed by atoms with Crippen LogP contribution in [0.3, 0.4) is 0 Å². The standard InChI is InChI=1S/C22H22N4O3/c1-16-5-2-3-6-19(16)24-21(27)17-13-18(15-23-14-17)25-8-10-26(11-9-25)22(28)20-7-4-12-29-20/h2-7,12-15H,8-11H2,1H3,(H,24,27). The van der Waals surface area contributed by atoms with Crippen LogP contribution in [-0.4, -0.2) is 47.9 Å². The van der Waals surface area contributed by atoms with Crippen molar-refractivity contribution in [2.45, 2.75) is 6.92 Å². The summed E-state index contributed by atoms with van der Waals surface area (Å²) < 4.78 is 5.20. The highest BCUT2D eigenvalue weighted by molar-refractivity contribution is 6.05. The fraction of sp³-hybridized carbons (Fsp3) is 0.227. The summed E-state index contributed by atoms with van der Waals surface area (Å²) in [7, 11) is 0. The Bertz CT molecular complexity index is 1010. The van der Waals surface area contributed by atoms with E-state index in [0.29, 0.717) is 37.5 Å². The number of amides is 2. The number of nitrogens with one attached hydrogen (secondary N) is 1. The average molecular weight is 390 g/mol. The second kappa shape index (κ2) is 8.18. The van der Waals surface area contributed by atoms with E-state index >= 15 is 0 Å². The lowest BCUT2D eigenvalue weighted by molar-refractivity contribution is 0.0714. The van der Waals surface area contributed by atoms with E-state index in [0.717, 1.165) is 16.9 Å². The van der Waals surface area contributed by atoms with Crippen LogP contribution in [0.1, 0.15) is 26.5 Å².